The summed E-state index contributed by atoms with van der Waals surface area (Å²) >= 11 is 0. The summed E-state index contributed by atoms with van der Waals surface area (Å²) in [6.45, 7) is 6.39. The Morgan fingerprint density at radius 2 is 1.97 bits per heavy atom. The molecule has 31 heavy (non-hydrogen) atoms. The number of benzene rings is 1. The molecule has 0 fully saturated rings. The SMILES string of the molecule is C\C=C/C(=C\C(=C/C)c1cc(Nc2cccc(CS(=O)(=O)N(C)C)c2)ncn1)OCC. The summed E-state index contributed by atoms with van der Waals surface area (Å²) in [4.78, 5) is 8.68. The van der Waals surface area contributed by atoms with Gasteiger partial charge >= 0.3 is 0 Å². The minimum Gasteiger partial charge on any atom is -0.494 e. The molecule has 0 saturated carbocycles. The lowest BCUT2D eigenvalue weighted by atomic mass is 10.1. The Balaban J connectivity index is 2.26. The van der Waals surface area contributed by atoms with Crippen LogP contribution in [0.1, 0.15) is 32.0 Å². The summed E-state index contributed by atoms with van der Waals surface area (Å²) in [5.74, 6) is 1.29. The van der Waals surface area contributed by atoms with E-state index in [1.807, 2.05) is 63.3 Å². The molecular weight excluding hydrogens is 412 g/mol. The van der Waals surface area contributed by atoms with Gasteiger partial charge in [-0.2, -0.15) is 0 Å². The summed E-state index contributed by atoms with van der Waals surface area (Å²) in [5.41, 5.74) is 3.08. The van der Waals surface area contributed by atoms with Crippen LogP contribution >= 0.6 is 0 Å². The second kappa shape index (κ2) is 11.4. The van der Waals surface area contributed by atoms with Crippen molar-refractivity contribution in [2.24, 2.45) is 0 Å². The molecule has 0 aliphatic carbocycles. The number of rotatable bonds is 10. The maximum absolute atomic E-state index is 12.2. The monoisotopic (exact) mass is 442 g/mol. The van der Waals surface area contributed by atoms with Crippen LogP contribution in [-0.4, -0.2) is 43.4 Å². The molecule has 0 aliphatic rings. The average Bonchev–Trinajstić information content (AvgIpc) is 2.72. The Morgan fingerprint density at radius 3 is 2.61 bits per heavy atom. The van der Waals surface area contributed by atoms with Crippen LogP contribution in [-0.2, 0) is 20.5 Å². The van der Waals surface area contributed by atoms with Crippen LogP contribution in [0, 0.1) is 0 Å². The topological polar surface area (TPSA) is 84.4 Å². The number of ether oxygens (including phenoxy) is 1. The number of allylic oxidation sites excluding steroid dienone is 5. The zero-order chi connectivity index (χ0) is 22.9. The van der Waals surface area contributed by atoms with E-state index in [0.717, 1.165) is 22.7 Å². The van der Waals surface area contributed by atoms with E-state index < -0.39 is 10.0 Å². The Morgan fingerprint density at radius 1 is 1.19 bits per heavy atom. The lowest BCUT2D eigenvalue weighted by molar-refractivity contribution is 0.243. The molecule has 0 radical (unpaired) electrons. The number of hydrogen-bond acceptors (Lipinski definition) is 6. The first-order chi connectivity index (χ1) is 14.8. The molecule has 0 spiro atoms. The normalized spacial score (nSPS) is 13.1. The van der Waals surface area contributed by atoms with Crippen LogP contribution < -0.4 is 5.32 Å². The van der Waals surface area contributed by atoms with E-state index in [1.54, 1.807) is 12.1 Å². The molecule has 0 aliphatic heterocycles. The van der Waals surface area contributed by atoms with Crippen molar-refractivity contribution in [2.75, 3.05) is 26.0 Å². The third kappa shape index (κ3) is 7.34. The van der Waals surface area contributed by atoms with Crippen LogP contribution in [0.2, 0.25) is 0 Å². The average molecular weight is 443 g/mol. The first-order valence-electron chi connectivity index (χ1n) is 10.0. The van der Waals surface area contributed by atoms with Gasteiger partial charge in [-0.05, 0) is 56.2 Å². The molecule has 1 N–H and O–H groups in total. The number of nitrogens with zero attached hydrogens (tertiary/aromatic N) is 3. The largest absolute Gasteiger partial charge is 0.494 e. The lowest BCUT2D eigenvalue weighted by Crippen LogP contribution is -2.23. The first-order valence-corrected chi connectivity index (χ1v) is 11.6. The minimum absolute atomic E-state index is 0.0663. The summed E-state index contributed by atoms with van der Waals surface area (Å²) in [6.07, 6.45) is 9.21. The molecule has 8 heteroatoms. The molecule has 2 aromatic rings. The summed E-state index contributed by atoms with van der Waals surface area (Å²) in [5, 5.41) is 3.23. The Labute approximate surface area is 185 Å². The lowest BCUT2D eigenvalue weighted by Gasteiger charge is -2.13. The third-order valence-electron chi connectivity index (χ3n) is 4.32. The van der Waals surface area contributed by atoms with Crippen LogP contribution in [0.3, 0.4) is 0 Å². The fraction of sp³-hybridized carbons (Fsp3) is 0.304. The van der Waals surface area contributed by atoms with Crippen molar-refractivity contribution in [3.8, 4) is 0 Å². The highest BCUT2D eigenvalue weighted by Crippen LogP contribution is 2.22. The highest BCUT2D eigenvalue weighted by molar-refractivity contribution is 7.88. The van der Waals surface area contributed by atoms with Gasteiger partial charge in [-0.25, -0.2) is 22.7 Å². The second-order valence-electron chi connectivity index (χ2n) is 6.88. The summed E-state index contributed by atoms with van der Waals surface area (Å²) in [7, 11) is -0.278. The smallest absolute Gasteiger partial charge is 0.217 e. The van der Waals surface area contributed by atoms with Gasteiger partial charge in [0.1, 0.15) is 17.9 Å². The standard InChI is InChI=1S/C23H30N4O3S/c1-6-10-21(30-8-3)14-19(7-2)22-15-23(25-17-24-22)26-20-12-9-11-18(13-20)16-31(28,29)27(4)5/h6-7,9-15,17H,8,16H2,1-5H3,(H,24,25,26)/b10-6-,19-7+,21-14+. The fourth-order valence-corrected chi connectivity index (χ4v) is 3.60. The van der Waals surface area contributed by atoms with Gasteiger partial charge in [0, 0.05) is 25.8 Å². The van der Waals surface area contributed by atoms with Crippen LogP contribution in [0.15, 0.2) is 66.7 Å². The van der Waals surface area contributed by atoms with Crippen molar-refractivity contribution in [3.63, 3.8) is 0 Å². The van der Waals surface area contributed by atoms with Crippen LogP contribution in [0.25, 0.3) is 5.57 Å². The van der Waals surface area contributed by atoms with Gasteiger partial charge in [-0.1, -0.05) is 24.3 Å². The summed E-state index contributed by atoms with van der Waals surface area (Å²) < 4.78 is 31.2. The molecule has 2 rings (SSSR count). The first kappa shape index (κ1) is 24.3. The predicted octanol–water partition coefficient (Wildman–Crippen LogP) is 4.51. The zero-order valence-corrected chi connectivity index (χ0v) is 19.5. The van der Waals surface area contributed by atoms with E-state index in [0.29, 0.717) is 18.0 Å². The van der Waals surface area contributed by atoms with Crippen molar-refractivity contribution in [1.82, 2.24) is 14.3 Å². The molecule has 0 atom stereocenters. The molecule has 0 amide bonds. The van der Waals surface area contributed by atoms with E-state index in [4.69, 9.17) is 4.74 Å². The van der Waals surface area contributed by atoms with Crippen molar-refractivity contribution in [3.05, 3.63) is 78.0 Å². The number of anilines is 2. The van der Waals surface area contributed by atoms with E-state index in [-0.39, 0.29) is 5.75 Å². The molecule has 0 saturated heterocycles. The van der Waals surface area contributed by atoms with Gasteiger partial charge in [-0.3, -0.25) is 0 Å². The second-order valence-corrected chi connectivity index (χ2v) is 9.06. The van der Waals surface area contributed by atoms with Crippen molar-refractivity contribution < 1.29 is 13.2 Å². The molecule has 1 aromatic heterocycles. The van der Waals surface area contributed by atoms with Crippen molar-refractivity contribution in [2.45, 2.75) is 26.5 Å². The van der Waals surface area contributed by atoms with Crippen LogP contribution in [0.4, 0.5) is 11.5 Å². The predicted molar refractivity (Wildman–Crippen MR) is 126 cm³/mol. The van der Waals surface area contributed by atoms with Crippen LogP contribution in [0.5, 0.6) is 0 Å². The number of nitrogens with one attached hydrogen (secondary N) is 1. The highest BCUT2D eigenvalue weighted by Gasteiger charge is 2.14. The van der Waals surface area contributed by atoms with Gasteiger partial charge in [0.25, 0.3) is 0 Å². The Kier molecular flexibility index (Phi) is 8.96. The minimum atomic E-state index is -3.33. The van der Waals surface area contributed by atoms with Gasteiger partial charge in [0.05, 0.1) is 18.1 Å². The molecule has 0 unspecified atom stereocenters. The van der Waals surface area contributed by atoms with E-state index in [1.165, 1.54) is 24.7 Å². The number of sulfonamides is 1. The maximum Gasteiger partial charge on any atom is 0.217 e. The summed E-state index contributed by atoms with van der Waals surface area (Å²) in [6, 6.07) is 9.11. The molecule has 0 bridgehead atoms. The Hall–Kier alpha value is -2.97. The van der Waals surface area contributed by atoms with Gasteiger partial charge in [-0.15, -0.1) is 0 Å². The quantitative estimate of drug-likeness (QED) is 0.430. The number of hydrogen-bond donors (Lipinski definition) is 1. The Bertz CT molecular complexity index is 1070. The van der Waals surface area contributed by atoms with Gasteiger partial charge in [0.15, 0.2) is 0 Å². The van der Waals surface area contributed by atoms with E-state index in [9.17, 15) is 8.42 Å². The maximum atomic E-state index is 12.2. The highest BCUT2D eigenvalue weighted by atomic mass is 32.2. The fourth-order valence-electron chi connectivity index (χ4n) is 2.74. The van der Waals surface area contributed by atoms with Gasteiger partial charge in [0.2, 0.25) is 10.0 Å². The molecular formula is C23H30N4O3S. The molecule has 166 valence electrons. The van der Waals surface area contributed by atoms with Crippen molar-refractivity contribution in [1.29, 1.82) is 0 Å². The zero-order valence-electron chi connectivity index (χ0n) is 18.7. The molecule has 1 aromatic carbocycles. The molecule has 7 nitrogen and oxygen atoms in total. The van der Waals surface area contributed by atoms with Gasteiger partial charge < -0.3 is 10.1 Å². The van der Waals surface area contributed by atoms with E-state index in [2.05, 4.69) is 15.3 Å². The third-order valence-corrected chi connectivity index (χ3v) is 6.13. The number of aromatic nitrogens is 2. The van der Waals surface area contributed by atoms with E-state index >= 15 is 0 Å². The molecule has 1 heterocycles. The van der Waals surface area contributed by atoms with Crippen molar-refractivity contribution >= 4 is 27.1 Å².